The van der Waals surface area contributed by atoms with Crippen LogP contribution in [0.3, 0.4) is 0 Å². The summed E-state index contributed by atoms with van der Waals surface area (Å²) in [6.07, 6.45) is 0.211. The van der Waals surface area contributed by atoms with E-state index in [1.807, 2.05) is 13.8 Å². The number of rotatable bonds is 2. The van der Waals surface area contributed by atoms with E-state index in [-0.39, 0.29) is 6.10 Å². The molecule has 0 saturated carbocycles. The van der Waals surface area contributed by atoms with Gasteiger partial charge in [0.1, 0.15) is 0 Å². The molecular formula is C4H8ClO. The molecule has 6 heavy (non-hydrogen) atoms. The molecule has 0 saturated heterocycles. The van der Waals surface area contributed by atoms with Gasteiger partial charge in [-0.3, -0.25) is 0 Å². The van der Waals surface area contributed by atoms with E-state index in [2.05, 4.69) is 4.74 Å². The third-order valence-corrected chi connectivity index (χ3v) is 0.426. The lowest BCUT2D eigenvalue weighted by atomic mass is 10.5. The third kappa shape index (κ3) is 4.25. The molecule has 0 aliphatic heterocycles. The number of hydrogen-bond acceptors (Lipinski definition) is 1. The highest BCUT2D eigenvalue weighted by Gasteiger charge is 1.85. The van der Waals surface area contributed by atoms with Gasteiger partial charge in [0.15, 0.2) is 6.07 Å². The summed E-state index contributed by atoms with van der Waals surface area (Å²) in [6, 6.07) is 1.17. The van der Waals surface area contributed by atoms with Gasteiger partial charge in [-0.2, -0.15) is 0 Å². The standard InChI is InChI=1S/C4H8ClO/c1-4(2)6-3-5/h3-4H,1-2H3. The van der Waals surface area contributed by atoms with E-state index in [0.717, 1.165) is 0 Å². The molecule has 0 fully saturated rings. The van der Waals surface area contributed by atoms with Crippen LogP contribution in [0.25, 0.3) is 0 Å². The van der Waals surface area contributed by atoms with Gasteiger partial charge in [-0.15, -0.1) is 0 Å². The average molecular weight is 108 g/mol. The second-order valence-corrected chi connectivity index (χ2v) is 1.45. The van der Waals surface area contributed by atoms with Gasteiger partial charge in [-0.05, 0) is 13.8 Å². The van der Waals surface area contributed by atoms with Gasteiger partial charge >= 0.3 is 0 Å². The fraction of sp³-hybridized carbons (Fsp3) is 0.750. The molecule has 1 nitrogen and oxygen atoms in total. The zero-order valence-corrected chi connectivity index (χ0v) is 4.70. The summed E-state index contributed by atoms with van der Waals surface area (Å²) in [4.78, 5) is 0. The van der Waals surface area contributed by atoms with E-state index < -0.39 is 0 Å². The Labute approximate surface area is 43.3 Å². The van der Waals surface area contributed by atoms with Crippen molar-refractivity contribution in [3.8, 4) is 0 Å². The minimum Gasteiger partial charge on any atom is -0.356 e. The van der Waals surface area contributed by atoms with Crippen LogP contribution in [0.2, 0.25) is 0 Å². The van der Waals surface area contributed by atoms with Crippen LogP contribution in [-0.2, 0) is 4.74 Å². The SMILES string of the molecule is CC(C)O[CH]Cl. The third-order valence-electron chi connectivity index (χ3n) is 0.324. The summed E-state index contributed by atoms with van der Waals surface area (Å²) in [5.41, 5.74) is 0. The first-order valence-electron chi connectivity index (χ1n) is 1.84. The van der Waals surface area contributed by atoms with Crippen molar-refractivity contribution in [1.29, 1.82) is 0 Å². The molecule has 0 heterocycles. The number of hydrogen-bond donors (Lipinski definition) is 0. The highest BCUT2D eigenvalue weighted by atomic mass is 35.5. The predicted octanol–water partition coefficient (Wildman–Crippen LogP) is 1.77. The minimum absolute atomic E-state index is 0.211. The predicted molar refractivity (Wildman–Crippen MR) is 26.4 cm³/mol. The van der Waals surface area contributed by atoms with Gasteiger partial charge < -0.3 is 4.74 Å². The molecule has 0 spiro atoms. The van der Waals surface area contributed by atoms with Gasteiger partial charge in [0.05, 0.1) is 6.10 Å². The first-order valence-corrected chi connectivity index (χ1v) is 2.28. The van der Waals surface area contributed by atoms with E-state index in [9.17, 15) is 0 Å². The maximum atomic E-state index is 5.05. The zero-order valence-electron chi connectivity index (χ0n) is 3.94. The van der Waals surface area contributed by atoms with Gasteiger partial charge in [-0.25, -0.2) is 0 Å². The Hall–Kier alpha value is 0.250. The lowest BCUT2D eigenvalue weighted by Crippen LogP contribution is -1.95. The lowest BCUT2D eigenvalue weighted by Gasteiger charge is -1.98. The molecular weight excluding hydrogens is 99.5 g/mol. The maximum Gasteiger partial charge on any atom is 0.171 e. The van der Waals surface area contributed by atoms with Gasteiger partial charge in [0.2, 0.25) is 0 Å². The Kier molecular flexibility index (Phi) is 3.58. The molecule has 0 atom stereocenters. The molecule has 0 rings (SSSR count). The molecule has 0 bridgehead atoms. The highest BCUT2D eigenvalue weighted by Crippen LogP contribution is 1.92. The summed E-state index contributed by atoms with van der Waals surface area (Å²) in [7, 11) is 0. The summed E-state index contributed by atoms with van der Waals surface area (Å²) < 4.78 is 4.68. The monoisotopic (exact) mass is 107 g/mol. The van der Waals surface area contributed by atoms with Crippen LogP contribution in [0.15, 0.2) is 0 Å². The number of ether oxygens (including phenoxy) is 1. The first kappa shape index (κ1) is 6.25. The topological polar surface area (TPSA) is 9.23 Å². The molecule has 2 heteroatoms. The Balaban J connectivity index is 2.63. The van der Waals surface area contributed by atoms with Crippen molar-refractivity contribution in [2.24, 2.45) is 0 Å². The van der Waals surface area contributed by atoms with Crippen LogP contribution in [0.4, 0.5) is 0 Å². The quantitative estimate of drug-likeness (QED) is 0.523. The first-order chi connectivity index (χ1) is 2.77. The summed E-state index contributed by atoms with van der Waals surface area (Å²) in [5, 5.41) is 0. The molecule has 0 aliphatic carbocycles. The van der Waals surface area contributed by atoms with Crippen molar-refractivity contribution in [2.45, 2.75) is 20.0 Å². The van der Waals surface area contributed by atoms with Crippen LogP contribution in [0, 0.1) is 6.07 Å². The van der Waals surface area contributed by atoms with E-state index in [1.54, 1.807) is 0 Å². The Bertz CT molecular complexity index is 28.7. The van der Waals surface area contributed by atoms with Gasteiger partial charge in [0, 0.05) is 0 Å². The Morgan fingerprint density at radius 3 is 2.17 bits per heavy atom. The summed E-state index contributed by atoms with van der Waals surface area (Å²) in [6.45, 7) is 3.83. The van der Waals surface area contributed by atoms with Crippen molar-refractivity contribution >= 4 is 11.6 Å². The second kappa shape index (κ2) is 3.44. The van der Waals surface area contributed by atoms with Crippen molar-refractivity contribution in [3.63, 3.8) is 0 Å². The fourth-order valence-electron chi connectivity index (χ4n) is 0.103. The molecule has 0 aliphatic rings. The van der Waals surface area contributed by atoms with Crippen LogP contribution in [0.5, 0.6) is 0 Å². The molecule has 0 N–H and O–H groups in total. The second-order valence-electron chi connectivity index (χ2n) is 1.27. The minimum atomic E-state index is 0.211. The molecule has 1 radical (unpaired) electrons. The van der Waals surface area contributed by atoms with Crippen molar-refractivity contribution in [1.82, 2.24) is 0 Å². The normalized spacial score (nSPS) is 10.0. The fourth-order valence-corrected chi connectivity index (χ4v) is 0.309. The van der Waals surface area contributed by atoms with Crippen LogP contribution >= 0.6 is 11.6 Å². The van der Waals surface area contributed by atoms with E-state index >= 15 is 0 Å². The zero-order chi connectivity index (χ0) is 4.99. The average Bonchev–Trinajstić information content (AvgIpc) is 1.35. The van der Waals surface area contributed by atoms with Crippen LogP contribution in [0.1, 0.15) is 13.8 Å². The lowest BCUT2D eigenvalue weighted by molar-refractivity contribution is 0.160. The summed E-state index contributed by atoms with van der Waals surface area (Å²) in [5.74, 6) is 0. The van der Waals surface area contributed by atoms with Gasteiger partial charge in [-0.1, -0.05) is 11.6 Å². The summed E-state index contributed by atoms with van der Waals surface area (Å²) >= 11 is 5.05. The Morgan fingerprint density at radius 1 is 1.67 bits per heavy atom. The molecule has 0 amide bonds. The molecule has 37 valence electrons. The van der Waals surface area contributed by atoms with Crippen molar-refractivity contribution in [3.05, 3.63) is 6.07 Å². The van der Waals surface area contributed by atoms with Crippen LogP contribution in [-0.4, -0.2) is 6.10 Å². The molecule has 0 aromatic rings. The molecule has 0 aromatic heterocycles. The van der Waals surface area contributed by atoms with E-state index in [4.69, 9.17) is 11.6 Å². The van der Waals surface area contributed by atoms with E-state index in [0.29, 0.717) is 0 Å². The highest BCUT2D eigenvalue weighted by molar-refractivity contribution is 6.22. The van der Waals surface area contributed by atoms with Crippen molar-refractivity contribution in [2.75, 3.05) is 0 Å². The molecule has 0 aromatic carbocycles. The molecule has 0 unspecified atom stereocenters. The maximum absolute atomic E-state index is 5.05. The van der Waals surface area contributed by atoms with Crippen molar-refractivity contribution < 1.29 is 4.74 Å². The number of halogens is 1. The Morgan fingerprint density at radius 2 is 2.17 bits per heavy atom. The van der Waals surface area contributed by atoms with Crippen LogP contribution < -0.4 is 0 Å². The smallest absolute Gasteiger partial charge is 0.171 e. The van der Waals surface area contributed by atoms with Gasteiger partial charge in [0.25, 0.3) is 0 Å². The van der Waals surface area contributed by atoms with E-state index in [1.165, 1.54) is 6.07 Å². The largest absolute Gasteiger partial charge is 0.356 e.